The number of piperidine rings is 1. The van der Waals surface area contributed by atoms with Crippen molar-refractivity contribution in [2.24, 2.45) is 0 Å². The molecule has 4 heteroatoms. The molecule has 0 bridgehead atoms. The SMILES string of the molecule is CC(C)(C)NCc1cnc(N2CCCCC2)c(Cl)c1. The molecule has 106 valence electrons. The number of rotatable bonds is 3. The molecule has 1 N–H and O–H groups in total. The molecule has 3 nitrogen and oxygen atoms in total. The number of halogens is 1. The minimum atomic E-state index is 0.109. The Morgan fingerprint density at radius 2 is 1.95 bits per heavy atom. The molecule has 0 aliphatic carbocycles. The molecule has 1 aromatic rings. The second-order valence-corrected chi connectivity index (χ2v) is 6.71. The third-order valence-corrected chi connectivity index (χ3v) is 3.63. The van der Waals surface area contributed by atoms with Crippen LogP contribution in [0.4, 0.5) is 5.82 Å². The highest BCUT2D eigenvalue weighted by atomic mass is 35.5. The molecule has 2 heterocycles. The van der Waals surface area contributed by atoms with Crippen molar-refractivity contribution in [1.29, 1.82) is 0 Å². The highest BCUT2D eigenvalue weighted by molar-refractivity contribution is 6.33. The Balaban J connectivity index is 2.04. The summed E-state index contributed by atoms with van der Waals surface area (Å²) >= 11 is 6.38. The Bertz CT molecular complexity index is 420. The molecule has 0 unspecified atom stereocenters. The smallest absolute Gasteiger partial charge is 0.147 e. The summed E-state index contributed by atoms with van der Waals surface area (Å²) in [5.74, 6) is 0.945. The first-order valence-electron chi connectivity index (χ1n) is 7.10. The van der Waals surface area contributed by atoms with Gasteiger partial charge in [-0.2, -0.15) is 0 Å². The van der Waals surface area contributed by atoms with Gasteiger partial charge in [-0.25, -0.2) is 4.98 Å². The van der Waals surface area contributed by atoms with Gasteiger partial charge in [-0.3, -0.25) is 0 Å². The van der Waals surface area contributed by atoms with Crippen molar-refractivity contribution in [2.75, 3.05) is 18.0 Å². The molecule has 1 aromatic heterocycles. The summed E-state index contributed by atoms with van der Waals surface area (Å²) < 4.78 is 0. The molecule has 0 amide bonds. The van der Waals surface area contributed by atoms with Gasteiger partial charge >= 0.3 is 0 Å². The van der Waals surface area contributed by atoms with Crippen LogP contribution in [-0.4, -0.2) is 23.6 Å². The Labute approximate surface area is 121 Å². The van der Waals surface area contributed by atoms with E-state index in [4.69, 9.17) is 11.6 Å². The van der Waals surface area contributed by atoms with Crippen LogP contribution < -0.4 is 10.2 Å². The average molecular weight is 282 g/mol. The molecule has 1 saturated heterocycles. The molecular formula is C15H24ClN3. The summed E-state index contributed by atoms with van der Waals surface area (Å²) in [6.45, 7) is 9.42. The fourth-order valence-corrected chi connectivity index (χ4v) is 2.58. The van der Waals surface area contributed by atoms with Crippen molar-refractivity contribution in [3.8, 4) is 0 Å². The predicted molar refractivity (Wildman–Crippen MR) is 81.9 cm³/mol. The summed E-state index contributed by atoms with van der Waals surface area (Å²) in [4.78, 5) is 6.85. The third kappa shape index (κ3) is 4.36. The van der Waals surface area contributed by atoms with Gasteiger partial charge in [-0.15, -0.1) is 0 Å². The lowest BCUT2D eigenvalue weighted by Gasteiger charge is -2.28. The van der Waals surface area contributed by atoms with Crippen molar-refractivity contribution in [2.45, 2.75) is 52.1 Å². The number of hydrogen-bond acceptors (Lipinski definition) is 3. The van der Waals surface area contributed by atoms with Gasteiger partial charge in [-0.05, 0) is 51.7 Å². The van der Waals surface area contributed by atoms with E-state index in [0.29, 0.717) is 0 Å². The van der Waals surface area contributed by atoms with Gasteiger partial charge in [0, 0.05) is 31.4 Å². The first-order chi connectivity index (χ1) is 8.96. The van der Waals surface area contributed by atoms with Crippen molar-refractivity contribution < 1.29 is 0 Å². The van der Waals surface area contributed by atoms with Gasteiger partial charge in [0.25, 0.3) is 0 Å². The fourth-order valence-electron chi connectivity index (χ4n) is 2.27. The number of anilines is 1. The molecule has 2 rings (SSSR count). The number of pyridine rings is 1. The summed E-state index contributed by atoms with van der Waals surface area (Å²) in [5, 5.41) is 4.23. The van der Waals surface area contributed by atoms with Crippen molar-refractivity contribution in [3.05, 3.63) is 22.8 Å². The van der Waals surface area contributed by atoms with E-state index in [1.807, 2.05) is 12.3 Å². The van der Waals surface area contributed by atoms with Gasteiger partial charge < -0.3 is 10.2 Å². The number of nitrogens with one attached hydrogen (secondary N) is 1. The zero-order chi connectivity index (χ0) is 13.9. The van der Waals surface area contributed by atoms with E-state index in [9.17, 15) is 0 Å². The maximum absolute atomic E-state index is 6.38. The Kier molecular flexibility index (Phi) is 4.69. The Morgan fingerprint density at radius 3 is 2.53 bits per heavy atom. The number of hydrogen-bond donors (Lipinski definition) is 1. The molecule has 0 aromatic carbocycles. The first-order valence-corrected chi connectivity index (χ1v) is 7.48. The Morgan fingerprint density at radius 1 is 1.26 bits per heavy atom. The lowest BCUT2D eigenvalue weighted by atomic mass is 10.1. The average Bonchev–Trinajstić information content (AvgIpc) is 2.37. The maximum atomic E-state index is 6.38. The van der Waals surface area contributed by atoms with Crippen molar-refractivity contribution in [1.82, 2.24) is 10.3 Å². The van der Waals surface area contributed by atoms with Crippen molar-refractivity contribution >= 4 is 17.4 Å². The summed E-state index contributed by atoms with van der Waals surface area (Å²) in [6, 6.07) is 2.04. The van der Waals surface area contributed by atoms with E-state index in [2.05, 4.69) is 36.0 Å². The van der Waals surface area contributed by atoms with Crippen LogP contribution in [0.1, 0.15) is 45.6 Å². The quantitative estimate of drug-likeness (QED) is 0.917. The van der Waals surface area contributed by atoms with Crippen LogP contribution in [-0.2, 0) is 6.54 Å². The van der Waals surface area contributed by atoms with Crippen LogP contribution in [0.25, 0.3) is 0 Å². The fraction of sp³-hybridized carbons (Fsp3) is 0.667. The van der Waals surface area contributed by atoms with Crippen LogP contribution in [0.2, 0.25) is 5.02 Å². The summed E-state index contributed by atoms with van der Waals surface area (Å²) in [7, 11) is 0. The van der Waals surface area contributed by atoms with Gasteiger partial charge in [0.1, 0.15) is 5.82 Å². The third-order valence-electron chi connectivity index (χ3n) is 3.36. The van der Waals surface area contributed by atoms with E-state index >= 15 is 0 Å². The molecule has 19 heavy (non-hydrogen) atoms. The van der Waals surface area contributed by atoms with Gasteiger partial charge in [-0.1, -0.05) is 11.6 Å². The predicted octanol–water partition coefficient (Wildman–Crippen LogP) is 3.61. The molecule has 0 saturated carbocycles. The van der Waals surface area contributed by atoms with Crippen molar-refractivity contribution in [3.63, 3.8) is 0 Å². The molecule has 1 fully saturated rings. The van der Waals surface area contributed by atoms with Crippen LogP contribution in [0.5, 0.6) is 0 Å². The first kappa shape index (κ1) is 14.6. The molecular weight excluding hydrogens is 258 g/mol. The highest BCUT2D eigenvalue weighted by Crippen LogP contribution is 2.26. The van der Waals surface area contributed by atoms with E-state index in [1.165, 1.54) is 19.3 Å². The van der Waals surface area contributed by atoms with E-state index in [1.54, 1.807) is 0 Å². The maximum Gasteiger partial charge on any atom is 0.147 e. The molecule has 1 aliphatic rings. The number of nitrogens with zero attached hydrogens (tertiary/aromatic N) is 2. The molecule has 0 spiro atoms. The summed E-state index contributed by atoms with van der Waals surface area (Å²) in [5.41, 5.74) is 1.25. The van der Waals surface area contributed by atoms with E-state index in [-0.39, 0.29) is 5.54 Å². The van der Waals surface area contributed by atoms with Crippen LogP contribution >= 0.6 is 11.6 Å². The zero-order valence-corrected chi connectivity index (χ0v) is 12.9. The topological polar surface area (TPSA) is 28.2 Å². The lowest BCUT2D eigenvalue weighted by molar-refractivity contribution is 0.424. The second kappa shape index (κ2) is 6.10. The van der Waals surface area contributed by atoms with Gasteiger partial charge in [0.05, 0.1) is 5.02 Å². The molecule has 0 radical (unpaired) electrons. The van der Waals surface area contributed by atoms with Crippen LogP contribution in [0.3, 0.4) is 0 Å². The van der Waals surface area contributed by atoms with Gasteiger partial charge in [0.2, 0.25) is 0 Å². The van der Waals surface area contributed by atoms with E-state index < -0.39 is 0 Å². The largest absolute Gasteiger partial charge is 0.355 e. The Hall–Kier alpha value is -0.800. The number of aromatic nitrogens is 1. The highest BCUT2D eigenvalue weighted by Gasteiger charge is 2.16. The van der Waals surface area contributed by atoms with E-state index in [0.717, 1.165) is 36.0 Å². The van der Waals surface area contributed by atoms with Crippen LogP contribution in [0.15, 0.2) is 12.3 Å². The zero-order valence-electron chi connectivity index (χ0n) is 12.2. The second-order valence-electron chi connectivity index (χ2n) is 6.30. The normalized spacial score (nSPS) is 16.7. The minimum Gasteiger partial charge on any atom is -0.355 e. The monoisotopic (exact) mass is 281 g/mol. The molecule has 1 aliphatic heterocycles. The van der Waals surface area contributed by atoms with Crippen LogP contribution in [0, 0.1) is 0 Å². The lowest BCUT2D eigenvalue weighted by Crippen LogP contribution is -2.35. The summed E-state index contributed by atoms with van der Waals surface area (Å²) in [6.07, 6.45) is 5.74. The van der Waals surface area contributed by atoms with Gasteiger partial charge in [0.15, 0.2) is 0 Å². The standard InChI is InChI=1S/C15H24ClN3/c1-15(2,3)18-11-12-9-13(16)14(17-10-12)19-7-5-4-6-8-19/h9-10,18H,4-8,11H2,1-3H3. The minimum absolute atomic E-state index is 0.109. The molecule has 0 atom stereocenters.